The Bertz CT molecular complexity index is 733. The molecule has 3 rings (SSSR count). The zero-order valence-electron chi connectivity index (χ0n) is 14.4. The van der Waals surface area contributed by atoms with Crippen LogP contribution in [-0.4, -0.2) is 42.3 Å². The van der Waals surface area contributed by atoms with Gasteiger partial charge < -0.3 is 10.0 Å². The van der Waals surface area contributed by atoms with E-state index in [-0.39, 0.29) is 0 Å². The zero-order chi connectivity index (χ0) is 17.8. The summed E-state index contributed by atoms with van der Waals surface area (Å²) < 4.78 is 0. The number of para-hydroxylation sites is 1. The number of carboxylic acid groups (broad SMARTS) is 1. The predicted octanol–water partition coefficient (Wildman–Crippen LogP) is 4.98. The molecule has 1 aliphatic heterocycles. The molecule has 0 bridgehead atoms. The Labute approximate surface area is 153 Å². The van der Waals surface area contributed by atoms with E-state index in [0.717, 1.165) is 36.2 Å². The summed E-state index contributed by atoms with van der Waals surface area (Å²) in [4.78, 5) is 15.7. The maximum atomic E-state index is 11.9. The second kappa shape index (κ2) is 7.89. The van der Waals surface area contributed by atoms with E-state index in [4.69, 9.17) is 11.6 Å². The summed E-state index contributed by atoms with van der Waals surface area (Å²) in [6.45, 7) is 1.59. The van der Waals surface area contributed by atoms with Gasteiger partial charge in [-0.3, -0.25) is 4.90 Å². The molecule has 2 aromatic rings. The van der Waals surface area contributed by atoms with Crippen molar-refractivity contribution in [2.24, 2.45) is 0 Å². The van der Waals surface area contributed by atoms with E-state index >= 15 is 0 Å². The standard InChI is InChI=1S/C20H23ClN2O2/c1-22-13-4-5-17(22)12-14-23(20(24)25)19-7-3-2-6-18(19)15-8-10-16(21)11-9-15/h2-3,6-11,17H,4-5,12-14H2,1H3,(H,24,25). The molecule has 1 N–H and O–H groups in total. The van der Waals surface area contributed by atoms with E-state index in [9.17, 15) is 9.90 Å². The summed E-state index contributed by atoms with van der Waals surface area (Å²) in [7, 11) is 2.12. The molecular weight excluding hydrogens is 336 g/mol. The zero-order valence-corrected chi connectivity index (χ0v) is 15.1. The molecule has 1 amide bonds. The first-order chi connectivity index (χ1) is 12.1. The van der Waals surface area contributed by atoms with Crippen molar-refractivity contribution in [1.82, 2.24) is 4.90 Å². The molecule has 0 aromatic heterocycles. The van der Waals surface area contributed by atoms with Crippen LogP contribution in [0.15, 0.2) is 48.5 Å². The van der Waals surface area contributed by atoms with Gasteiger partial charge in [0.05, 0.1) is 5.69 Å². The average molecular weight is 359 g/mol. The Balaban J connectivity index is 1.86. The third kappa shape index (κ3) is 4.14. The molecule has 2 aromatic carbocycles. The summed E-state index contributed by atoms with van der Waals surface area (Å²) >= 11 is 5.98. The molecule has 1 fully saturated rings. The van der Waals surface area contributed by atoms with Gasteiger partial charge in [-0.15, -0.1) is 0 Å². The molecule has 1 atom stereocenters. The molecule has 0 aliphatic carbocycles. The number of benzene rings is 2. The number of rotatable bonds is 5. The van der Waals surface area contributed by atoms with E-state index in [2.05, 4.69) is 11.9 Å². The molecule has 1 unspecified atom stereocenters. The van der Waals surface area contributed by atoms with Crippen molar-refractivity contribution in [2.45, 2.75) is 25.3 Å². The minimum atomic E-state index is -0.915. The average Bonchev–Trinajstić information content (AvgIpc) is 3.01. The topological polar surface area (TPSA) is 43.8 Å². The van der Waals surface area contributed by atoms with Gasteiger partial charge >= 0.3 is 6.09 Å². The van der Waals surface area contributed by atoms with Crippen LogP contribution in [0.3, 0.4) is 0 Å². The lowest BCUT2D eigenvalue weighted by Gasteiger charge is -2.26. The molecule has 0 saturated carbocycles. The van der Waals surface area contributed by atoms with Crippen LogP contribution in [0.4, 0.5) is 10.5 Å². The first kappa shape index (κ1) is 17.8. The van der Waals surface area contributed by atoms with E-state index < -0.39 is 6.09 Å². The molecule has 1 saturated heterocycles. The van der Waals surface area contributed by atoms with Crippen molar-refractivity contribution in [1.29, 1.82) is 0 Å². The van der Waals surface area contributed by atoms with Crippen molar-refractivity contribution < 1.29 is 9.90 Å². The summed E-state index contributed by atoms with van der Waals surface area (Å²) in [6, 6.07) is 15.6. The van der Waals surface area contributed by atoms with Crippen LogP contribution >= 0.6 is 11.6 Å². The maximum Gasteiger partial charge on any atom is 0.411 e. The van der Waals surface area contributed by atoms with E-state index in [1.807, 2.05) is 48.5 Å². The number of carbonyl (C=O) groups is 1. The second-order valence-electron chi connectivity index (χ2n) is 6.52. The van der Waals surface area contributed by atoms with Crippen molar-refractivity contribution >= 4 is 23.4 Å². The lowest BCUT2D eigenvalue weighted by Crippen LogP contribution is -2.35. The minimum absolute atomic E-state index is 0.463. The molecule has 0 spiro atoms. The van der Waals surface area contributed by atoms with Gasteiger partial charge in [0.2, 0.25) is 0 Å². The van der Waals surface area contributed by atoms with Crippen LogP contribution in [0, 0.1) is 0 Å². The number of likely N-dealkylation sites (tertiary alicyclic amines) is 1. The van der Waals surface area contributed by atoms with Crippen LogP contribution in [0.25, 0.3) is 11.1 Å². The highest BCUT2D eigenvalue weighted by Crippen LogP contribution is 2.32. The van der Waals surface area contributed by atoms with Gasteiger partial charge in [-0.1, -0.05) is 41.9 Å². The SMILES string of the molecule is CN1CCCC1CCN(C(=O)O)c1ccccc1-c1ccc(Cl)cc1. The maximum absolute atomic E-state index is 11.9. The predicted molar refractivity (Wildman–Crippen MR) is 103 cm³/mol. The monoisotopic (exact) mass is 358 g/mol. The third-order valence-electron chi connectivity index (χ3n) is 4.94. The Kier molecular flexibility index (Phi) is 5.61. The van der Waals surface area contributed by atoms with Crippen LogP contribution in [0.1, 0.15) is 19.3 Å². The van der Waals surface area contributed by atoms with Crippen LogP contribution in [0.5, 0.6) is 0 Å². The number of nitrogens with zero attached hydrogens (tertiary/aromatic N) is 2. The molecule has 4 nitrogen and oxygen atoms in total. The quantitative estimate of drug-likeness (QED) is 0.820. The van der Waals surface area contributed by atoms with Gasteiger partial charge in [-0.05, 0) is 56.6 Å². The van der Waals surface area contributed by atoms with Gasteiger partial charge in [-0.2, -0.15) is 0 Å². The Morgan fingerprint density at radius 1 is 1.24 bits per heavy atom. The lowest BCUT2D eigenvalue weighted by atomic mass is 10.0. The Morgan fingerprint density at radius 2 is 1.96 bits per heavy atom. The summed E-state index contributed by atoms with van der Waals surface area (Å²) in [5.74, 6) is 0. The fourth-order valence-corrected chi connectivity index (χ4v) is 3.65. The number of halogens is 1. The summed E-state index contributed by atoms with van der Waals surface area (Å²) in [5, 5.41) is 10.4. The van der Waals surface area contributed by atoms with E-state index in [1.54, 1.807) is 0 Å². The van der Waals surface area contributed by atoms with Gasteiger partial charge in [0, 0.05) is 23.2 Å². The molecule has 1 aliphatic rings. The van der Waals surface area contributed by atoms with E-state index in [0.29, 0.717) is 17.6 Å². The minimum Gasteiger partial charge on any atom is -0.465 e. The Morgan fingerprint density at radius 3 is 2.60 bits per heavy atom. The second-order valence-corrected chi connectivity index (χ2v) is 6.96. The third-order valence-corrected chi connectivity index (χ3v) is 5.19. The van der Waals surface area contributed by atoms with Gasteiger partial charge in [0.25, 0.3) is 0 Å². The van der Waals surface area contributed by atoms with Crippen LogP contribution in [0.2, 0.25) is 5.02 Å². The largest absolute Gasteiger partial charge is 0.465 e. The highest BCUT2D eigenvalue weighted by molar-refractivity contribution is 6.30. The lowest BCUT2D eigenvalue weighted by molar-refractivity contribution is 0.200. The van der Waals surface area contributed by atoms with Crippen molar-refractivity contribution in [3.8, 4) is 11.1 Å². The summed E-state index contributed by atoms with van der Waals surface area (Å²) in [6.07, 6.45) is 2.26. The van der Waals surface area contributed by atoms with Crippen LogP contribution < -0.4 is 4.90 Å². The smallest absolute Gasteiger partial charge is 0.411 e. The molecular formula is C20H23ClN2O2. The molecule has 25 heavy (non-hydrogen) atoms. The highest BCUT2D eigenvalue weighted by Gasteiger charge is 2.24. The highest BCUT2D eigenvalue weighted by atomic mass is 35.5. The normalized spacial score (nSPS) is 17.6. The number of anilines is 1. The fraction of sp³-hybridized carbons (Fsp3) is 0.350. The molecule has 132 valence electrons. The van der Waals surface area contributed by atoms with Crippen molar-refractivity contribution in [3.63, 3.8) is 0 Å². The first-order valence-electron chi connectivity index (χ1n) is 8.62. The van der Waals surface area contributed by atoms with E-state index in [1.165, 1.54) is 11.3 Å². The first-order valence-corrected chi connectivity index (χ1v) is 8.99. The van der Waals surface area contributed by atoms with Gasteiger partial charge in [0.15, 0.2) is 0 Å². The summed E-state index contributed by atoms with van der Waals surface area (Å²) in [5.41, 5.74) is 2.59. The van der Waals surface area contributed by atoms with Crippen molar-refractivity contribution in [2.75, 3.05) is 25.0 Å². The number of amides is 1. The molecule has 0 radical (unpaired) electrons. The molecule has 1 heterocycles. The number of hydrogen-bond acceptors (Lipinski definition) is 2. The van der Waals surface area contributed by atoms with Gasteiger partial charge in [-0.25, -0.2) is 4.79 Å². The van der Waals surface area contributed by atoms with Gasteiger partial charge in [0.1, 0.15) is 0 Å². The van der Waals surface area contributed by atoms with Crippen molar-refractivity contribution in [3.05, 3.63) is 53.6 Å². The molecule has 5 heteroatoms. The van der Waals surface area contributed by atoms with Crippen LogP contribution in [-0.2, 0) is 0 Å². The number of hydrogen-bond donors (Lipinski definition) is 1. The fourth-order valence-electron chi connectivity index (χ4n) is 3.52. The Hall–Kier alpha value is -2.04.